The summed E-state index contributed by atoms with van der Waals surface area (Å²) < 4.78 is 16.1. The first-order valence-electron chi connectivity index (χ1n) is 11.5. The van der Waals surface area contributed by atoms with Gasteiger partial charge in [-0.05, 0) is 29.2 Å². The maximum atomic E-state index is 13.2. The van der Waals surface area contributed by atoms with E-state index >= 15 is 0 Å². The van der Waals surface area contributed by atoms with E-state index in [-0.39, 0.29) is 32.0 Å². The van der Waals surface area contributed by atoms with Crippen molar-refractivity contribution in [1.82, 2.24) is 10.2 Å². The van der Waals surface area contributed by atoms with Crippen molar-refractivity contribution in [1.29, 1.82) is 0 Å². The van der Waals surface area contributed by atoms with Crippen molar-refractivity contribution >= 4 is 18.0 Å². The number of likely N-dealkylation sites (tertiary alicyclic amines) is 1. The first-order valence-corrected chi connectivity index (χ1v) is 11.5. The molecule has 0 bridgehead atoms. The van der Waals surface area contributed by atoms with E-state index in [0.717, 1.165) is 22.3 Å². The van der Waals surface area contributed by atoms with Crippen LogP contribution in [0.3, 0.4) is 0 Å². The number of amides is 2. The van der Waals surface area contributed by atoms with Crippen LogP contribution in [0.4, 0.5) is 4.79 Å². The van der Waals surface area contributed by atoms with Crippen LogP contribution < -0.4 is 5.32 Å². The van der Waals surface area contributed by atoms with Gasteiger partial charge in [-0.25, -0.2) is 9.59 Å². The predicted molar refractivity (Wildman–Crippen MR) is 127 cm³/mol. The van der Waals surface area contributed by atoms with E-state index in [0.29, 0.717) is 0 Å². The number of nitrogens with one attached hydrogen (secondary N) is 1. The van der Waals surface area contributed by atoms with E-state index in [4.69, 9.17) is 14.2 Å². The molecule has 4 rings (SSSR count). The van der Waals surface area contributed by atoms with Crippen LogP contribution in [0.15, 0.2) is 48.5 Å². The van der Waals surface area contributed by atoms with E-state index in [9.17, 15) is 19.5 Å². The monoisotopic (exact) mass is 482 g/mol. The highest BCUT2D eigenvalue weighted by atomic mass is 16.6. The van der Waals surface area contributed by atoms with E-state index in [1.165, 1.54) is 19.1 Å². The molecule has 2 aromatic carbocycles. The van der Waals surface area contributed by atoms with Gasteiger partial charge in [-0.1, -0.05) is 48.5 Å². The Morgan fingerprint density at radius 3 is 2.20 bits per heavy atom. The Hall–Kier alpha value is -3.43. The second kappa shape index (κ2) is 10.1. The Labute approximate surface area is 204 Å². The number of hydrogen-bond donors (Lipinski definition) is 2. The fourth-order valence-corrected chi connectivity index (χ4v) is 4.88. The lowest BCUT2D eigenvalue weighted by Crippen LogP contribution is -2.55. The number of ether oxygens (including phenoxy) is 3. The smallest absolute Gasteiger partial charge is 0.407 e. The van der Waals surface area contributed by atoms with Crippen molar-refractivity contribution in [3.63, 3.8) is 0 Å². The molecule has 2 aliphatic rings. The van der Waals surface area contributed by atoms with Gasteiger partial charge in [0.05, 0.1) is 12.6 Å². The lowest BCUT2D eigenvalue weighted by atomic mass is 9.98. The lowest BCUT2D eigenvalue weighted by molar-refractivity contribution is -0.161. The molecule has 3 atom stereocenters. The van der Waals surface area contributed by atoms with Gasteiger partial charge >= 0.3 is 12.1 Å². The zero-order chi connectivity index (χ0) is 25.2. The number of carboxylic acids is 1. The first-order chi connectivity index (χ1) is 16.8. The van der Waals surface area contributed by atoms with Crippen LogP contribution in [-0.4, -0.2) is 79.6 Å². The molecule has 1 fully saturated rings. The van der Waals surface area contributed by atoms with Crippen LogP contribution in [0.5, 0.6) is 0 Å². The Bertz CT molecular complexity index is 1070. The molecule has 2 amide bonds. The summed E-state index contributed by atoms with van der Waals surface area (Å²) in [7, 11) is 2.75. The molecule has 0 saturated carbocycles. The number of carbonyl (C=O) groups is 3. The molecule has 186 valence electrons. The summed E-state index contributed by atoms with van der Waals surface area (Å²) in [5.41, 5.74) is 2.95. The van der Waals surface area contributed by atoms with Crippen LogP contribution in [0, 0.1) is 0 Å². The zero-order valence-electron chi connectivity index (χ0n) is 20.0. The molecule has 1 aliphatic heterocycles. The minimum absolute atomic E-state index is 0.109. The van der Waals surface area contributed by atoms with Gasteiger partial charge < -0.3 is 29.5 Å². The molecule has 35 heavy (non-hydrogen) atoms. The number of aliphatic carboxylic acids is 1. The lowest BCUT2D eigenvalue weighted by Gasteiger charge is -2.29. The summed E-state index contributed by atoms with van der Waals surface area (Å²) in [4.78, 5) is 39.1. The number of rotatable bonds is 8. The van der Waals surface area contributed by atoms with Gasteiger partial charge in [0, 0.05) is 33.1 Å². The zero-order valence-corrected chi connectivity index (χ0v) is 20.0. The molecule has 0 aromatic heterocycles. The van der Waals surface area contributed by atoms with Gasteiger partial charge in [0.1, 0.15) is 12.6 Å². The number of alkyl carbamates (subject to hydrolysis) is 1. The third-order valence-electron chi connectivity index (χ3n) is 7.05. The van der Waals surface area contributed by atoms with Gasteiger partial charge in [-0.15, -0.1) is 0 Å². The van der Waals surface area contributed by atoms with Crippen LogP contribution in [0.2, 0.25) is 0 Å². The molecule has 1 saturated heterocycles. The predicted octanol–water partition coefficient (Wildman–Crippen LogP) is 2.63. The molecule has 9 nitrogen and oxygen atoms in total. The summed E-state index contributed by atoms with van der Waals surface area (Å²) in [6.45, 7) is 1.84. The van der Waals surface area contributed by atoms with E-state index in [1.54, 1.807) is 6.92 Å². The summed E-state index contributed by atoms with van der Waals surface area (Å²) in [6, 6.07) is 15.0. The van der Waals surface area contributed by atoms with Gasteiger partial charge in [0.15, 0.2) is 5.60 Å². The molecular formula is C26H30N2O7. The number of nitrogens with zero attached hydrogens (tertiary/aromatic N) is 1. The Balaban J connectivity index is 1.44. The van der Waals surface area contributed by atoms with Crippen LogP contribution in [-0.2, 0) is 23.8 Å². The molecule has 3 unspecified atom stereocenters. The van der Waals surface area contributed by atoms with Crippen molar-refractivity contribution in [3.05, 3.63) is 59.7 Å². The Kier molecular flexibility index (Phi) is 7.09. The molecule has 2 aromatic rings. The average molecular weight is 483 g/mol. The minimum Gasteiger partial charge on any atom is -0.479 e. The fraction of sp³-hybridized carbons (Fsp3) is 0.423. The van der Waals surface area contributed by atoms with Crippen LogP contribution in [0.25, 0.3) is 11.1 Å². The second-order valence-corrected chi connectivity index (χ2v) is 8.90. The van der Waals surface area contributed by atoms with Crippen molar-refractivity contribution in [3.8, 4) is 11.1 Å². The van der Waals surface area contributed by atoms with Crippen LogP contribution in [0.1, 0.15) is 30.4 Å². The third kappa shape index (κ3) is 4.61. The largest absolute Gasteiger partial charge is 0.479 e. The summed E-state index contributed by atoms with van der Waals surface area (Å²) in [5.74, 6) is -1.69. The number of methoxy groups -OCH3 is 2. The van der Waals surface area contributed by atoms with Gasteiger partial charge in [0.2, 0.25) is 5.91 Å². The number of carboxylic acid groups (broad SMARTS) is 1. The topological polar surface area (TPSA) is 114 Å². The van der Waals surface area contributed by atoms with Gasteiger partial charge in [-0.2, -0.15) is 0 Å². The maximum Gasteiger partial charge on any atom is 0.407 e. The summed E-state index contributed by atoms with van der Waals surface area (Å²) >= 11 is 0. The maximum absolute atomic E-state index is 13.2. The van der Waals surface area contributed by atoms with Gasteiger partial charge in [-0.3, -0.25) is 4.79 Å². The fourth-order valence-electron chi connectivity index (χ4n) is 4.88. The third-order valence-corrected chi connectivity index (χ3v) is 7.05. The molecule has 2 N–H and O–H groups in total. The molecule has 1 aliphatic carbocycles. The number of carbonyl (C=O) groups excluding carboxylic acids is 2. The molecule has 9 heteroatoms. The Morgan fingerprint density at radius 1 is 1.09 bits per heavy atom. The molecule has 1 heterocycles. The van der Waals surface area contributed by atoms with E-state index in [2.05, 4.69) is 17.4 Å². The first kappa shape index (κ1) is 24.7. The summed E-state index contributed by atoms with van der Waals surface area (Å²) in [5, 5.41) is 12.2. The highest BCUT2D eigenvalue weighted by Crippen LogP contribution is 2.44. The van der Waals surface area contributed by atoms with Crippen molar-refractivity contribution in [2.45, 2.75) is 37.0 Å². The molecule has 0 spiro atoms. The number of hydrogen-bond acceptors (Lipinski definition) is 6. The second-order valence-electron chi connectivity index (χ2n) is 8.90. The van der Waals surface area contributed by atoms with Crippen LogP contribution >= 0.6 is 0 Å². The number of fused-ring (bicyclic) bond motifs is 3. The average Bonchev–Trinajstić information content (AvgIpc) is 3.46. The van der Waals surface area contributed by atoms with Gasteiger partial charge in [0.25, 0.3) is 0 Å². The quantitative estimate of drug-likeness (QED) is 0.594. The SMILES string of the molecule is COC(C)C(NC(=O)OCC1c2ccccc2-c2ccccc21)C(=O)N1CCC(OC)(C(=O)O)C1. The van der Waals surface area contributed by atoms with Crippen molar-refractivity contribution < 1.29 is 33.7 Å². The minimum atomic E-state index is -1.46. The summed E-state index contributed by atoms with van der Waals surface area (Å²) in [6.07, 6.45) is -1.25. The van der Waals surface area contributed by atoms with Crippen molar-refractivity contribution in [2.75, 3.05) is 33.9 Å². The highest BCUT2D eigenvalue weighted by Gasteiger charge is 2.48. The molecular weight excluding hydrogens is 452 g/mol. The normalized spacial score (nSPS) is 20.6. The van der Waals surface area contributed by atoms with E-state index < -0.39 is 35.7 Å². The standard InChI is InChI=1S/C26H30N2O7/c1-16(33-2)22(23(29)28-13-12-26(15-28,34-3)24(30)31)27-25(32)35-14-21-19-10-6-4-8-17(19)18-9-5-7-11-20(18)21/h4-11,16,21-22H,12-15H2,1-3H3,(H,27,32)(H,30,31). The Morgan fingerprint density at radius 2 is 1.69 bits per heavy atom. The van der Waals surface area contributed by atoms with E-state index in [1.807, 2.05) is 36.4 Å². The highest BCUT2D eigenvalue weighted by molar-refractivity contribution is 5.88. The van der Waals surface area contributed by atoms with Crippen molar-refractivity contribution in [2.24, 2.45) is 0 Å². The molecule has 0 radical (unpaired) electrons. The number of benzene rings is 2.